The lowest BCUT2D eigenvalue weighted by Crippen LogP contribution is -2.53. The highest BCUT2D eigenvalue weighted by atomic mass is 35.5. The van der Waals surface area contributed by atoms with Crippen LogP contribution in [0.25, 0.3) is 11.1 Å². The second kappa shape index (κ2) is 8.72. The summed E-state index contributed by atoms with van der Waals surface area (Å²) < 4.78 is 11.7. The molecule has 2 aromatic carbocycles. The third kappa shape index (κ3) is 4.14. The summed E-state index contributed by atoms with van der Waals surface area (Å²) in [5.41, 5.74) is 1.98. The van der Waals surface area contributed by atoms with E-state index >= 15 is 0 Å². The molecule has 1 aliphatic heterocycles. The third-order valence-corrected chi connectivity index (χ3v) is 6.98. The number of nitrogens with zero attached hydrogens (tertiary/aromatic N) is 1. The van der Waals surface area contributed by atoms with Crippen molar-refractivity contribution in [2.75, 3.05) is 26.0 Å². The van der Waals surface area contributed by atoms with Gasteiger partial charge in [-0.05, 0) is 42.3 Å². The number of methoxy groups -OCH3 is 1. The number of benzene rings is 2. The van der Waals surface area contributed by atoms with E-state index in [1.807, 2.05) is 49.4 Å². The minimum Gasteiger partial charge on any atom is -0.493 e. The molecule has 0 N–H and O–H groups in total. The predicted octanol–water partition coefficient (Wildman–Crippen LogP) is 5.08. The van der Waals surface area contributed by atoms with Crippen LogP contribution in [0.3, 0.4) is 0 Å². The maximum absolute atomic E-state index is 12.1. The second-order valence-corrected chi connectivity index (χ2v) is 8.95. The Morgan fingerprint density at radius 3 is 2.61 bits per heavy atom. The molecule has 4 nitrogen and oxygen atoms in total. The van der Waals surface area contributed by atoms with E-state index in [0.717, 1.165) is 21.7 Å². The van der Waals surface area contributed by atoms with E-state index in [2.05, 4.69) is 0 Å². The van der Waals surface area contributed by atoms with Gasteiger partial charge in [0.1, 0.15) is 6.61 Å². The van der Waals surface area contributed by atoms with Crippen LogP contribution in [0.1, 0.15) is 13.8 Å². The fourth-order valence-corrected chi connectivity index (χ4v) is 5.17. The molecule has 0 radical (unpaired) electrons. The first-order valence-corrected chi connectivity index (χ1v) is 10.6. The Balaban J connectivity index is 1.86. The quantitative estimate of drug-likeness (QED) is 0.592. The molecule has 148 valence electrons. The molecule has 28 heavy (non-hydrogen) atoms. The van der Waals surface area contributed by atoms with Gasteiger partial charge in [-0.2, -0.15) is 0 Å². The molecule has 1 heterocycles. The molecule has 1 unspecified atom stereocenters. The Morgan fingerprint density at radius 2 is 1.96 bits per heavy atom. The highest BCUT2D eigenvalue weighted by Crippen LogP contribution is 2.40. The van der Waals surface area contributed by atoms with Crippen molar-refractivity contribution < 1.29 is 14.3 Å². The summed E-state index contributed by atoms with van der Waals surface area (Å²) in [4.78, 5) is 14.0. The van der Waals surface area contributed by atoms with E-state index in [-0.39, 0.29) is 12.5 Å². The van der Waals surface area contributed by atoms with Crippen LogP contribution < -0.4 is 9.47 Å². The van der Waals surface area contributed by atoms with E-state index in [1.54, 1.807) is 30.7 Å². The first-order chi connectivity index (χ1) is 13.4. The van der Waals surface area contributed by atoms with Crippen LogP contribution in [-0.4, -0.2) is 46.6 Å². The lowest BCUT2D eigenvalue weighted by molar-refractivity contribution is -0.130. The van der Waals surface area contributed by atoms with Gasteiger partial charge < -0.3 is 14.4 Å². The molecule has 0 aromatic heterocycles. The second-order valence-electron chi connectivity index (χ2n) is 6.52. The number of thiocarbonyl (C=S) groups is 1. The SMILES string of the molecule is COc1cc(-c2cccc(Cl)c2)ccc1OCC1(C(C)=S)SCCN1C(C)=O. The van der Waals surface area contributed by atoms with Gasteiger partial charge in [0.2, 0.25) is 5.91 Å². The summed E-state index contributed by atoms with van der Waals surface area (Å²) in [6.45, 7) is 4.38. The maximum Gasteiger partial charge on any atom is 0.220 e. The molecule has 1 fully saturated rings. The zero-order valence-electron chi connectivity index (χ0n) is 16.0. The van der Waals surface area contributed by atoms with Gasteiger partial charge in [-0.3, -0.25) is 4.79 Å². The number of rotatable bonds is 6. The van der Waals surface area contributed by atoms with Gasteiger partial charge >= 0.3 is 0 Å². The lowest BCUT2D eigenvalue weighted by atomic mass is 10.1. The Labute approximate surface area is 180 Å². The standard InChI is InChI=1S/C21H22ClNO3S2/c1-14(27)21(23(15(2)24)9-10-28-21)13-26-19-8-7-17(12-20(19)25-3)16-5-4-6-18(22)11-16/h4-8,11-12H,9-10,13H2,1-3H3. The Bertz CT molecular complexity index is 905. The van der Waals surface area contributed by atoms with Gasteiger partial charge in [-0.25, -0.2) is 0 Å². The predicted molar refractivity (Wildman–Crippen MR) is 120 cm³/mol. The van der Waals surface area contributed by atoms with E-state index in [0.29, 0.717) is 23.1 Å². The molecule has 1 amide bonds. The van der Waals surface area contributed by atoms with Crippen molar-refractivity contribution in [3.8, 4) is 22.6 Å². The monoisotopic (exact) mass is 435 g/mol. The smallest absolute Gasteiger partial charge is 0.220 e. The van der Waals surface area contributed by atoms with Crippen molar-refractivity contribution in [1.29, 1.82) is 0 Å². The van der Waals surface area contributed by atoms with Crippen LogP contribution >= 0.6 is 35.6 Å². The van der Waals surface area contributed by atoms with Gasteiger partial charge in [0.05, 0.1) is 7.11 Å². The molecule has 7 heteroatoms. The van der Waals surface area contributed by atoms with Crippen LogP contribution in [0.4, 0.5) is 0 Å². The van der Waals surface area contributed by atoms with E-state index in [4.69, 9.17) is 33.3 Å². The summed E-state index contributed by atoms with van der Waals surface area (Å²) >= 11 is 13.3. The third-order valence-electron chi connectivity index (χ3n) is 4.77. The topological polar surface area (TPSA) is 38.8 Å². The van der Waals surface area contributed by atoms with Crippen LogP contribution in [0.15, 0.2) is 42.5 Å². The van der Waals surface area contributed by atoms with Crippen molar-refractivity contribution in [3.05, 3.63) is 47.5 Å². The van der Waals surface area contributed by atoms with Gasteiger partial charge in [-0.1, -0.05) is 42.0 Å². The van der Waals surface area contributed by atoms with Crippen LogP contribution in [-0.2, 0) is 4.79 Å². The molecule has 3 rings (SSSR count). The van der Waals surface area contributed by atoms with Crippen molar-refractivity contribution >= 4 is 46.4 Å². The Hall–Kier alpha value is -1.76. The minimum absolute atomic E-state index is 0.000990. The maximum atomic E-state index is 12.1. The first-order valence-electron chi connectivity index (χ1n) is 8.87. The first kappa shape index (κ1) is 21.0. The summed E-state index contributed by atoms with van der Waals surface area (Å²) in [6.07, 6.45) is 0. The molecule has 0 saturated carbocycles. The normalized spacial score (nSPS) is 18.8. The average molecular weight is 436 g/mol. The van der Waals surface area contributed by atoms with Crippen molar-refractivity contribution in [1.82, 2.24) is 4.90 Å². The van der Waals surface area contributed by atoms with Crippen molar-refractivity contribution in [2.45, 2.75) is 18.7 Å². The number of halogens is 1. The summed E-state index contributed by atoms with van der Waals surface area (Å²) in [6, 6.07) is 13.4. The fraction of sp³-hybridized carbons (Fsp3) is 0.333. The molecule has 1 atom stereocenters. The van der Waals surface area contributed by atoms with E-state index in [1.165, 1.54) is 0 Å². The number of ether oxygens (including phenoxy) is 2. The van der Waals surface area contributed by atoms with E-state index < -0.39 is 4.87 Å². The van der Waals surface area contributed by atoms with E-state index in [9.17, 15) is 4.79 Å². The number of hydrogen-bond acceptors (Lipinski definition) is 5. The highest BCUT2D eigenvalue weighted by molar-refractivity contribution is 8.02. The van der Waals surface area contributed by atoms with Crippen molar-refractivity contribution in [2.24, 2.45) is 0 Å². The zero-order valence-corrected chi connectivity index (χ0v) is 18.4. The van der Waals surface area contributed by atoms with Gasteiger partial charge in [0, 0.05) is 29.1 Å². The molecular weight excluding hydrogens is 414 g/mol. The Kier molecular flexibility index (Phi) is 6.53. The Morgan fingerprint density at radius 1 is 1.21 bits per heavy atom. The minimum atomic E-state index is -0.627. The lowest BCUT2D eigenvalue weighted by Gasteiger charge is -2.36. The summed E-state index contributed by atoms with van der Waals surface area (Å²) in [5.74, 6) is 2.06. The van der Waals surface area contributed by atoms with Gasteiger partial charge in [-0.15, -0.1) is 11.8 Å². The number of carbonyl (C=O) groups is 1. The molecule has 0 bridgehead atoms. The summed E-state index contributed by atoms with van der Waals surface area (Å²) in [7, 11) is 1.61. The molecule has 0 aliphatic carbocycles. The average Bonchev–Trinajstić information content (AvgIpc) is 3.12. The summed E-state index contributed by atoms with van der Waals surface area (Å²) in [5, 5.41) is 0.678. The zero-order chi connectivity index (χ0) is 20.3. The highest BCUT2D eigenvalue weighted by Gasteiger charge is 2.46. The van der Waals surface area contributed by atoms with Crippen LogP contribution in [0.5, 0.6) is 11.5 Å². The molecular formula is C21H22ClNO3S2. The number of amides is 1. The number of carbonyl (C=O) groups excluding carboxylic acids is 1. The van der Waals surface area contributed by atoms with Crippen LogP contribution in [0.2, 0.25) is 5.02 Å². The largest absolute Gasteiger partial charge is 0.493 e. The molecule has 1 aliphatic rings. The molecule has 1 saturated heterocycles. The fourth-order valence-electron chi connectivity index (χ4n) is 3.30. The van der Waals surface area contributed by atoms with Gasteiger partial charge in [0.15, 0.2) is 16.4 Å². The molecule has 0 spiro atoms. The number of hydrogen-bond donors (Lipinski definition) is 0. The van der Waals surface area contributed by atoms with Crippen molar-refractivity contribution in [3.63, 3.8) is 0 Å². The number of thioether (sulfide) groups is 1. The molecule has 2 aromatic rings. The van der Waals surface area contributed by atoms with Gasteiger partial charge in [0.25, 0.3) is 0 Å². The van der Waals surface area contributed by atoms with Crippen LogP contribution in [0, 0.1) is 0 Å².